The maximum Gasteiger partial charge on any atom is 0.416 e. The molecule has 2 N–H and O–H groups in total. The SMILES string of the molecule is CN(c1ncnc2[nH]ccc12)C1CCC(CS(=O)(=O)NCCc2ccc(C(F)(F)F)cc2)CC1. The number of hydrogen-bond donors (Lipinski definition) is 2. The highest BCUT2D eigenvalue weighted by atomic mass is 32.2. The number of nitrogens with zero attached hydrogens (tertiary/aromatic N) is 3. The summed E-state index contributed by atoms with van der Waals surface area (Å²) >= 11 is 0. The number of benzene rings is 1. The Morgan fingerprint density at radius 2 is 1.79 bits per heavy atom. The van der Waals surface area contributed by atoms with Crippen molar-refractivity contribution in [2.45, 2.75) is 44.3 Å². The molecule has 1 fully saturated rings. The van der Waals surface area contributed by atoms with Crippen LogP contribution in [0.25, 0.3) is 11.0 Å². The number of H-pyrrole nitrogens is 1. The van der Waals surface area contributed by atoms with Gasteiger partial charge in [-0.3, -0.25) is 0 Å². The summed E-state index contributed by atoms with van der Waals surface area (Å²) in [5.74, 6) is 1.00. The predicted octanol–water partition coefficient (Wildman–Crippen LogP) is 4.13. The minimum atomic E-state index is -4.38. The van der Waals surface area contributed by atoms with E-state index >= 15 is 0 Å². The molecule has 1 aliphatic carbocycles. The average Bonchev–Trinajstić information content (AvgIpc) is 3.27. The Kier molecular flexibility index (Phi) is 7.13. The first-order chi connectivity index (χ1) is 16.1. The smallest absolute Gasteiger partial charge is 0.356 e. The van der Waals surface area contributed by atoms with Gasteiger partial charge in [-0.15, -0.1) is 0 Å². The van der Waals surface area contributed by atoms with E-state index in [1.165, 1.54) is 12.1 Å². The second-order valence-electron chi connectivity index (χ2n) is 8.84. The molecule has 3 aromatic rings. The van der Waals surface area contributed by atoms with Gasteiger partial charge < -0.3 is 9.88 Å². The molecule has 2 aromatic heterocycles. The van der Waals surface area contributed by atoms with E-state index in [2.05, 4.69) is 24.6 Å². The minimum absolute atomic E-state index is 0.0615. The lowest BCUT2D eigenvalue weighted by Crippen LogP contribution is -2.38. The van der Waals surface area contributed by atoms with E-state index in [0.29, 0.717) is 12.0 Å². The molecule has 2 heterocycles. The van der Waals surface area contributed by atoms with E-state index < -0.39 is 21.8 Å². The number of aromatic nitrogens is 3. The molecule has 0 aliphatic heterocycles. The summed E-state index contributed by atoms with van der Waals surface area (Å²) in [6, 6.07) is 7.03. The van der Waals surface area contributed by atoms with E-state index in [4.69, 9.17) is 0 Å². The van der Waals surface area contributed by atoms with Gasteiger partial charge in [0, 0.05) is 25.8 Å². The normalized spacial score (nSPS) is 19.4. The first-order valence-corrected chi connectivity index (χ1v) is 12.9. The number of nitrogens with one attached hydrogen (secondary N) is 2. The number of alkyl halides is 3. The van der Waals surface area contributed by atoms with Crippen molar-refractivity contribution in [3.63, 3.8) is 0 Å². The van der Waals surface area contributed by atoms with Crippen LogP contribution >= 0.6 is 0 Å². The van der Waals surface area contributed by atoms with Crippen LogP contribution in [-0.2, 0) is 22.6 Å². The van der Waals surface area contributed by atoms with Crippen molar-refractivity contribution >= 4 is 26.9 Å². The van der Waals surface area contributed by atoms with Gasteiger partial charge in [0.25, 0.3) is 0 Å². The maximum absolute atomic E-state index is 12.7. The topological polar surface area (TPSA) is 91.0 Å². The quantitative estimate of drug-likeness (QED) is 0.490. The summed E-state index contributed by atoms with van der Waals surface area (Å²) in [4.78, 5) is 13.9. The van der Waals surface area contributed by atoms with Gasteiger partial charge in [-0.05, 0) is 61.8 Å². The fraction of sp³-hybridized carbons (Fsp3) is 0.478. The molecule has 1 saturated carbocycles. The molecular weight excluding hydrogens is 467 g/mol. The molecule has 0 bridgehead atoms. The average molecular weight is 496 g/mol. The number of hydrogen-bond acceptors (Lipinski definition) is 5. The number of halogens is 3. The van der Waals surface area contributed by atoms with Crippen LogP contribution in [0.4, 0.5) is 19.0 Å². The number of rotatable bonds is 8. The fourth-order valence-electron chi connectivity index (χ4n) is 4.59. The van der Waals surface area contributed by atoms with E-state index in [0.717, 1.165) is 54.7 Å². The molecule has 7 nitrogen and oxygen atoms in total. The van der Waals surface area contributed by atoms with Crippen LogP contribution in [0.15, 0.2) is 42.9 Å². The molecular formula is C23H28F3N5O2S. The first-order valence-electron chi connectivity index (χ1n) is 11.3. The molecule has 11 heteroatoms. The third-order valence-corrected chi connectivity index (χ3v) is 8.06. The fourth-order valence-corrected chi connectivity index (χ4v) is 6.08. The molecule has 0 saturated heterocycles. The molecule has 1 aromatic carbocycles. The third-order valence-electron chi connectivity index (χ3n) is 6.50. The number of fused-ring (bicyclic) bond motifs is 1. The van der Waals surface area contributed by atoms with Gasteiger partial charge in [0.05, 0.1) is 16.7 Å². The van der Waals surface area contributed by atoms with Crippen molar-refractivity contribution in [2.75, 3.05) is 24.2 Å². The summed E-state index contributed by atoms with van der Waals surface area (Å²) in [5, 5.41) is 0.965. The highest BCUT2D eigenvalue weighted by molar-refractivity contribution is 7.89. The number of anilines is 1. The third kappa shape index (κ3) is 5.87. The Morgan fingerprint density at radius 3 is 2.47 bits per heavy atom. The summed E-state index contributed by atoms with van der Waals surface area (Å²) in [5.41, 5.74) is 0.731. The molecule has 0 atom stereocenters. The molecule has 0 amide bonds. The number of sulfonamides is 1. The molecule has 34 heavy (non-hydrogen) atoms. The Bertz CT molecular complexity index is 1200. The maximum atomic E-state index is 12.7. The van der Waals surface area contributed by atoms with Gasteiger partial charge >= 0.3 is 6.18 Å². The van der Waals surface area contributed by atoms with Crippen molar-refractivity contribution in [2.24, 2.45) is 5.92 Å². The van der Waals surface area contributed by atoms with Gasteiger partial charge in [0.1, 0.15) is 17.8 Å². The Hall–Kier alpha value is -2.66. The summed E-state index contributed by atoms with van der Waals surface area (Å²) in [6.45, 7) is 0.159. The van der Waals surface area contributed by atoms with E-state index in [9.17, 15) is 21.6 Å². The summed E-state index contributed by atoms with van der Waals surface area (Å²) in [7, 11) is -1.45. The summed E-state index contributed by atoms with van der Waals surface area (Å²) in [6.07, 6.45) is 2.68. The lowest BCUT2D eigenvalue weighted by atomic mass is 9.86. The van der Waals surface area contributed by atoms with Gasteiger partial charge in [-0.25, -0.2) is 23.1 Å². The molecule has 0 radical (unpaired) electrons. The van der Waals surface area contributed by atoms with Crippen LogP contribution in [0.5, 0.6) is 0 Å². The van der Waals surface area contributed by atoms with E-state index in [-0.39, 0.29) is 24.3 Å². The monoisotopic (exact) mass is 495 g/mol. The lowest BCUT2D eigenvalue weighted by Gasteiger charge is -2.35. The van der Waals surface area contributed by atoms with Crippen molar-refractivity contribution in [3.05, 3.63) is 54.0 Å². The van der Waals surface area contributed by atoms with Crippen LogP contribution in [0, 0.1) is 5.92 Å². The first kappa shape index (κ1) is 24.5. The predicted molar refractivity (Wildman–Crippen MR) is 125 cm³/mol. The zero-order valence-corrected chi connectivity index (χ0v) is 19.7. The van der Waals surface area contributed by atoms with Gasteiger partial charge in [-0.1, -0.05) is 12.1 Å². The Labute approximate surface area is 196 Å². The van der Waals surface area contributed by atoms with E-state index in [1.807, 2.05) is 19.3 Å². The van der Waals surface area contributed by atoms with Crippen LogP contribution in [0.1, 0.15) is 36.8 Å². The summed E-state index contributed by atoms with van der Waals surface area (Å²) < 4.78 is 65.6. The van der Waals surface area contributed by atoms with Crippen LogP contribution < -0.4 is 9.62 Å². The van der Waals surface area contributed by atoms with Crippen LogP contribution in [-0.4, -0.2) is 48.8 Å². The van der Waals surface area contributed by atoms with Gasteiger partial charge in [-0.2, -0.15) is 13.2 Å². The minimum Gasteiger partial charge on any atom is -0.356 e. The zero-order chi connectivity index (χ0) is 24.3. The van der Waals surface area contributed by atoms with Crippen molar-refractivity contribution in [1.82, 2.24) is 19.7 Å². The Morgan fingerprint density at radius 1 is 1.09 bits per heavy atom. The molecule has 184 valence electrons. The highest BCUT2D eigenvalue weighted by Crippen LogP contribution is 2.32. The van der Waals surface area contributed by atoms with Crippen molar-refractivity contribution in [1.29, 1.82) is 0 Å². The van der Waals surface area contributed by atoms with E-state index in [1.54, 1.807) is 6.33 Å². The standard InChI is InChI=1S/C23H28F3N5O2S/c1-31(22-20-11-12-27-21(20)28-15-29-22)19-8-4-17(5-9-19)14-34(32,33)30-13-10-16-2-6-18(7-3-16)23(24,25)26/h2-3,6-7,11-12,15,17,19,30H,4-5,8-10,13-14H2,1H3,(H,27,28,29). The highest BCUT2D eigenvalue weighted by Gasteiger charge is 2.30. The van der Waals surface area contributed by atoms with Gasteiger partial charge in [0.2, 0.25) is 10.0 Å². The zero-order valence-electron chi connectivity index (χ0n) is 18.8. The largest absolute Gasteiger partial charge is 0.416 e. The Balaban J connectivity index is 1.24. The lowest BCUT2D eigenvalue weighted by molar-refractivity contribution is -0.137. The number of aromatic amines is 1. The van der Waals surface area contributed by atoms with Gasteiger partial charge in [0.15, 0.2) is 0 Å². The molecule has 0 spiro atoms. The van der Waals surface area contributed by atoms with Crippen molar-refractivity contribution in [3.8, 4) is 0 Å². The second kappa shape index (κ2) is 9.91. The molecule has 0 unspecified atom stereocenters. The van der Waals surface area contributed by atoms with Crippen LogP contribution in [0.2, 0.25) is 0 Å². The van der Waals surface area contributed by atoms with Crippen molar-refractivity contribution < 1.29 is 21.6 Å². The molecule has 1 aliphatic rings. The van der Waals surface area contributed by atoms with Crippen LogP contribution in [0.3, 0.4) is 0 Å². The molecule has 4 rings (SSSR count). The second-order valence-corrected chi connectivity index (χ2v) is 10.7.